The van der Waals surface area contributed by atoms with Crippen molar-refractivity contribution >= 4 is 29.7 Å². The Hall–Kier alpha value is -2.69. The van der Waals surface area contributed by atoms with Gasteiger partial charge in [-0.3, -0.25) is 19.8 Å². The zero-order valence-corrected chi connectivity index (χ0v) is 17.1. The second-order valence-corrected chi connectivity index (χ2v) is 6.50. The molecule has 1 unspecified atom stereocenters. The van der Waals surface area contributed by atoms with Gasteiger partial charge >= 0.3 is 0 Å². The molecular formula is C18H25ClN6O4. The summed E-state index contributed by atoms with van der Waals surface area (Å²) in [5, 5.41) is 17.3. The average molecular weight is 425 g/mol. The summed E-state index contributed by atoms with van der Waals surface area (Å²) in [4.78, 5) is 29.9. The molecule has 10 nitrogen and oxygen atoms in total. The van der Waals surface area contributed by atoms with Gasteiger partial charge in [0.1, 0.15) is 17.3 Å². The number of carbonyl (C=O) groups excluding carboxylic acids is 1. The SMILES string of the molecule is CCOc1ccc(NC(=O)CN2CCNCC2c2nccn2C)c([N+](=O)[O-])c1.Cl. The van der Waals surface area contributed by atoms with Crippen molar-refractivity contribution in [2.24, 2.45) is 7.05 Å². The van der Waals surface area contributed by atoms with E-state index in [0.717, 1.165) is 12.4 Å². The summed E-state index contributed by atoms with van der Waals surface area (Å²) < 4.78 is 7.23. The van der Waals surface area contributed by atoms with Gasteiger partial charge in [-0.15, -0.1) is 12.4 Å². The number of nitrogens with zero attached hydrogens (tertiary/aromatic N) is 4. The van der Waals surface area contributed by atoms with E-state index in [2.05, 4.69) is 15.6 Å². The Bertz CT molecular complexity index is 859. The van der Waals surface area contributed by atoms with Crippen LogP contribution in [0.2, 0.25) is 0 Å². The van der Waals surface area contributed by atoms with E-state index in [1.807, 2.05) is 22.7 Å². The molecule has 1 aliphatic heterocycles. The van der Waals surface area contributed by atoms with Crippen molar-refractivity contribution in [1.29, 1.82) is 0 Å². The Morgan fingerprint density at radius 3 is 2.93 bits per heavy atom. The average Bonchev–Trinajstić information content (AvgIpc) is 3.09. The van der Waals surface area contributed by atoms with Crippen LogP contribution in [0.3, 0.4) is 0 Å². The Balaban J connectivity index is 0.00000300. The van der Waals surface area contributed by atoms with E-state index in [1.165, 1.54) is 12.1 Å². The summed E-state index contributed by atoms with van der Waals surface area (Å²) in [6.45, 7) is 4.44. The van der Waals surface area contributed by atoms with Crippen LogP contribution in [0, 0.1) is 10.1 Å². The van der Waals surface area contributed by atoms with Crippen LogP contribution in [0.25, 0.3) is 0 Å². The minimum absolute atomic E-state index is 0. The highest BCUT2D eigenvalue weighted by molar-refractivity contribution is 5.94. The van der Waals surface area contributed by atoms with Crippen molar-refractivity contribution in [2.75, 3.05) is 38.1 Å². The minimum atomic E-state index is -0.528. The molecule has 0 spiro atoms. The Labute approximate surface area is 174 Å². The van der Waals surface area contributed by atoms with Crippen LogP contribution in [0.4, 0.5) is 11.4 Å². The molecule has 2 N–H and O–H groups in total. The number of amides is 1. The maximum absolute atomic E-state index is 12.6. The van der Waals surface area contributed by atoms with Gasteiger partial charge in [-0.2, -0.15) is 0 Å². The van der Waals surface area contributed by atoms with Crippen LogP contribution in [0.5, 0.6) is 5.75 Å². The van der Waals surface area contributed by atoms with Crippen molar-refractivity contribution in [3.63, 3.8) is 0 Å². The number of aromatic nitrogens is 2. The molecule has 2 aromatic rings. The standard InChI is InChI=1S/C18H24N6O4.ClH/c1-3-28-13-4-5-14(15(10-13)24(26)27)21-17(25)12-23-9-6-19-11-16(23)18-20-7-8-22(18)2;/h4-5,7-8,10,16,19H,3,6,9,11-12H2,1-2H3,(H,21,25);1H. The number of imidazole rings is 1. The highest BCUT2D eigenvalue weighted by Crippen LogP contribution is 2.29. The normalized spacial score (nSPS) is 16.7. The molecule has 0 aliphatic carbocycles. The lowest BCUT2D eigenvalue weighted by atomic mass is 10.1. The zero-order chi connectivity index (χ0) is 20.1. The summed E-state index contributed by atoms with van der Waals surface area (Å²) in [6, 6.07) is 4.37. The van der Waals surface area contributed by atoms with E-state index in [-0.39, 0.29) is 42.3 Å². The van der Waals surface area contributed by atoms with Gasteiger partial charge in [0.25, 0.3) is 5.69 Å². The molecule has 0 radical (unpaired) electrons. The Morgan fingerprint density at radius 1 is 1.48 bits per heavy atom. The molecule has 29 heavy (non-hydrogen) atoms. The van der Waals surface area contributed by atoms with Crippen LogP contribution in [-0.2, 0) is 11.8 Å². The van der Waals surface area contributed by atoms with Crippen molar-refractivity contribution in [3.8, 4) is 5.75 Å². The number of ether oxygens (including phenoxy) is 1. The number of carbonyl (C=O) groups is 1. The molecule has 1 aliphatic rings. The molecule has 0 saturated carbocycles. The molecule has 1 saturated heterocycles. The molecule has 1 aromatic heterocycles. The first-order chi connectivity index (χ1) is 13.5. The fourth-order valence-corrected chi connectivity index (χ4v) is 3.29. The number of rotatable bonds is 7. The van der Waals surface area contributed by atoms with Crippen LogP contribution in [-0.4, -0.2) is 58.1 Å². The van der Waals surface area contributed by atoms with Gasteiger partial charge in [0.2, 0.25) is 5.91 Å². The molecule has 0 bridgehead atoms. The number of hydrogen-bond donors (Lipinski definition) is 2. The summed E-state index contributed by atoms with van der Waals surface area (Å²) in [5.41, 5.74) is -0.0395. The second kappa shape index (κ2) is 10.2. The van der Waals surface area contributed by atoms with Crippen molar-refractivity contribution in [3.05, 3.63) is 46.5 Å². The number of anilines is 1. The van der Waals surface area contributed by atoms with Crippen molar-refractivity contribution in [1.82, 2.24) is 19.8 Å². The van der Waals surface area contributed by atoms with Gasteiger partial charge in [-0.05, 0) is 19.1 Å². The predicted octanol–water partition coefficient (Wildman–Crippen LogP) is 1.73. The zero-order valence-electron chi connectivity index (χ0n) is 16.3. The monoisotopic (exact) mass is 424 g/mol. The van der Waals surface area contributed by atoms with Gasteiger partial charge in [-0.25, -0.2) is 4.98 Å². The largest absolute Gasteiger partial charge is 0.494 e. The predicted molar refractivity (Wildman–Crippen MR) is 111 cm³/mol. The smallest absolute Gasteiger partial charge is 0.296 e. The second-order valence-electron chi connectivity index (χ2n) is 6.50. The molecule has 1 atom stereocenters. The lowest BCUT2D eigenvalue weighted by Crippen LogP contribution is -2.49. The number of piperazine rings is 1. The van der Waals surface area contributed by atoms with Gasteiger partial charge in [0.05, 0.1) is 30.2 Å². The summed E-state index contributed by atoms with van der Waals surface area (Å²) in [7, 11) is 1.92. The fraction of sp³-hybridized carbons (Fsp3) is 0.444. The van der Waals surface area contributed by atoms with E-state index in [1.54, 1.807) is 19.2 Å². The van der Waals surface area contributed by atoms with Crippen LogP contribution < -0.4 is 15.4 Å². The van der Waals surface area contributed by atoms with Crippen LogP contribution in [0.15, 0.2) is 30.6 Å². The van der Waals surface area contributed by atoms with Crippen LogP contribution >= 0.6 is 12.4 Å². The topological polar surface area (TPSA) is 115 Å². The number of hydrogen-bond acceptors (Lipinski definition) is 7. The van der Waals surface area contributed by atoms with E-state index in [0.29, 0.717) is 25.4 Å². The lowest BCUT2D eigenvalue weighted by Gasteiger charge is -2.35. The molecule has 2 heterocycles. The maximum Gasteiger partial charge on any atom is 0.296 e. The Kier molecular flexibility index (Phi) is 7.94. The summed E-state index contributed by atoms with van der Waals surface area (Å²) in [6.07, 6.45) is 3.59. The van der Waals surface area contributed by atoms with Gasteiger partial charge in [-0.1, -0.05) is 0 Å². The highest BCUT2D eigenvalue weighted by atomic mass is 35.5. The van der Waals surface area contributed by atoms with Crippen molar-refractivity contribution in [2.45, 2.75) is 13.0 Å². The van der Waals surface area contributed by atoms with Crippen LogP contribution in [0.1, 0.15) is 18.8 Å². The highest BCUT2D eigenvalue weighted by Gasteiger charge is 2.28. The van der Waals surface area contributed by atoms with E-state index >= 15 is 0 Å². The van der Waals surface area contributed by atoms with E-state index in [4.69, 9.17) is 4.74 Å². The molecule has 1 aromatic carbocycles. The lowest BCUT2D eigenvalue weighted by molar-refractivity contribution is -0.384. The summed E-state index contributed by atoms with van der Waals surface area (Å²) in [5.74, 6) is 0.949. The number of nitro benzene ring substituents is 1. The van der Waals surface area contributed by atoms with Gasteiger partial charge < -0.3 is 19.9 Å². The Morgan fingerprint density at radius 2 is 2.28 bits per heavy atom. The molecule has 158 valence electrons. The first-order valence-electron chi connectivity index (χ1n) is 9.12. The third-order valence-electron chi connectivity index (χ3n) is 4.61. The number of aryl methyl sites for hydroxylation is 1. The first kappa shape index (κ1) is 22.6. The van der Waals surface area contributed by atoms with Gasteiger partial charge in [0, 0.05) is 39.1 Å². The molecule has 11 heteroatoms. The third kappa shape index (κ3) is 5.43. The molecule has 1 fully saturated rings. The number of benzene rings is 1. The van der Waals surface area contributed by atoms with E-state index in [9.17, 15) is 14.9 Å². The molecular weight excluding hydrogens is 400 g/mol. The summed E-state index contributed by atoms with van der Waals surface area (Å²) >= 11 is 0. The third-order valence-corrected chi connectivity index (χ3v) is 4.61. The quantitative estimate of drug-likeness (QED) is 0.513. The minimum Gasteiger partial charge on any atom is -0.494 e. The fourth-order valence-electron chi connectivity index (χ4n) is 3.29. The number of nitro groups is 1. The number of halogens is 1. The van der Waals surface area contributed by atoms with Crippen molar-refractivity contribution < 1.29 is 14.5 Å². The number of nitrogens with one attached hydrogen (secondary N) is 2. The molecule has 1 amide bonds. The maximum atomic E-state index is 12.6. The van der Waals surface area contributed by atoms with Gasteiger partial charge in [0.15, 0.2) is 0 Å². The first-order valence-corrected chi connectivity index (χ1v) is 9.12. The molecule has 3 rings (SSSR count). The van der Waals surface area contributed by atoms with E-state index < -0.39 is 4.92 Å².